The van der Waals surface area contributed by atoms with Crippen LogP contribution in [0.15, 0.2) is 45.9 Å². The summed E-state index contributed by atoms with van der Waals surface area (Å²) in [4.78, 5) is 1.15. The van der Waals surface area contributed by atoms with Crippen molar-refractivity contribution in [3.8, 4) is 11.5 Å². The third kappa shape index (κ3) is 4.50. The molecule has 0 aliphatic rings. The zero-order chi connectivity index (χ0) is 15.1. The fourth-order valence-corrected chi connectivity index (χ4v) is 2.21. The van der Waals surface area contributed by atoms with Gasteiger partial charge in [0.15, 0.2) is 11.5 Å². The molecule has 0 saturated heterocycles. The maximum absolute atomic E-state index is 5.74. The number of methoxy groups -OCH3 is 1. The summed E-state index contributed by atoms with van der Waals surface area (Å²) in [6.07, 6.45) is 1.53. The van der Waals surface area contributed by atoms with Gasteiger partial charge in [0.05, 0.1) is 13.3 Å². The van der Waals surface area contributed by atoms with Crippen LogP contribution in [0.1, 0.15) is 10.4 Å². The molecule has 0 unspecified atom stereocenters. The Morgan fingerprint density at radius 3 is 2.81 bits per heavy atom. The molecule has 0 radical (unpaired) electrons. The number of nitrogens with two attached hydrogens (primary N) is 2. The summed E-state index contributed by atoms with van der Waals surface area (Å²) >= 11 is 1.65. The number of ether oxygens (including phenoxy) is 2. The van der Waals surface area contributed by atoms with Crippen molar-refractivity contribution in [3.63, 3.8) is 0 Å². The van der Waals surface area contributed by atoms with E-state index < -0.39 is 0 Å². The lowest BCUT2D eigenvalue weighted by Gasteiger charge is -2.10. The summed E-state index contributed by atoms with van der Waals surface area (Å²) in [5, 5.41) is 9.30. The van der Waals surface area contributed by atoms with Gasteiger partial charge in [0.25, 0.3) is 0 Å². The number of hydrogen-bond donors (Lipinski definition) is 2. The fraction of sp³-hybridized carbons (Fsp3) is 0.143. The molecule has 110 valence electrons. The first-order valence-corrected chi connectivity index (χ1v) is 7.02. The van der Waals surface area contributed by atoms with Crippen LogP contribution in [-0.2, 0) is 6.61 Å². The van der Waals surface area contributed by atoms with Crippen molar-refractivity contribution in [2.24, 2.45) is 21.7 Å². The Bertz CT molecular complexity index is 634. The lowest BCUT2D eigenvalue weighted by Crippen LogP contribution is -2.21. The first-order valence-electron chi connectivity index (χ1n) is 6.14. The van der Waals surface area contributed by atoms with Crippen molar-refractivity contribution in [2.45, 2.75) is 6.61 Å². The molecule has 2 aromatic rings. The lowest BCUT2D eigenvalue weighted by atomic mass is 10.2. The number of rotatable bonds is 6. The molecule has 0 spiro atoms. The van der Waals surface area contributed by atoms with Crippen LogP contribution in [0.2, 0.25) is 0 Å². The molecule has 1 aromatic heterocycles. The van der Waals surface area contributed by atoms with E-state index in [1.54, 1.807) is 24.5 Å². The quantitative estimate of drug-likeness (QED) is 0.484. The summed E-state index contributed by atoms with van der Waals surface area (Å²) in [5.41, 5.74) is 11.2. The van der Waals surface area contributed by atoms with Crippen LogP contribution in [0, 0.1) is 0 Å². The number of hydrogen-bond acceptors (Lipinski definition) is 5. The van der Waals surface area contributed by atoms with Gasteiger partial charge in [0.2, 0.25) is 5.96 Å². The molecule has 2 rings (SSSR count). The minimum absolute atomic E-state index is 0.0888. The monoisotopic (exact) mass is 304 g/mol. The first-order chi connectivity index (χ1) is 10.2. The fourth-order valence-electron chi connectivity index (χ4n) is 1.59. The Kier molecular flexibility index (Phi) is 5.16. The van der Waals surface area contributed by atoms with Crippen molar-refractivity contribution in [3.05, 3.63) is 46.2 Å². The maximum Gasteiger partial charge on any atom is 0.211 e. The third-order valence-electron chi connectivity index (χ3n) is 2.52. The Morgan fingerprint density at radius 1 is 1.29 bits per heavy atom. The van der Waals surface area contributed by atoms with Gasteiger partial charge in [-0.2, -0.15) is 5.10 Å². The van der Waals surface area contributed by atoms with E-state index in [0.717, 1.165) is 10.4 Å². The number of guanidine groups is 1. The van der Waals surface area contributed by atoms with E-state index in [-0.39, 0.29) is 5.96 Å². The minimum atomic E-state index is -0.0888. The standard InChI is InChI=1S/C14H16N4O2S/c1-19-13-7-10(8-17-18-14(15)16)4-5-12(13)20-9-11-3-2-6-21-11/h2-8H,9H2,1H3,(H4,15,16,18)/b17-8+. The van der Waals surface area contributed by atoms with Gasteiger partial charge in [-0.1, -0.05) is 6.07 Å². The van der Waals surface area contributed by atoms with Crippen molar-refractivity contribution in [1.29, 1.82) is 0 Å². The second-order valence-electron chi connectivity index (χ2n) is 4.05. The molecular weight excluding hydrogens is 288 g/mol. The molecule has 4 N–H and O–H groups in total. The van der Waals surface area contributed by atoms with E-state index in [1.165, 1.54) is 6.21 Å². The van der Waals surface area contributed by atoms with Crippen LogP contribution in [0.25, 0.3) is 0 Å². The molecule has 0 atom stereocenters. The van der Waals surface area contributed by atoms with Crippen molar-refractivity contribution < 1.29 is 9.47 Å². The van der Waals surface area contributed by atoms with Gasteiger partial charge in [-0.25, -0.2) is 0 Å². The lowest BCUT2D eigenvalue weighted by molar-refractivity contribution is 0.287. The topological polar surface area (TPSA) is 95.2 Å². The number of benzene rings is 1. The van der Waals surface area contributed by atoms with Crippen molar-refractivity contribution in [2.75, 3.05) is 7.11 Å². The van der Waals surface area contributed by atoms with Crippen LogP contribution in [0.3, 0.4) is 0 Å². The Balaban J connectivity index is 2.08. The second kappa shape index (κ2) is 7.30. The van der Waals surface area contributed by atoms with E-state index in [2.05, 4.69) is 10.2 Å². The normalized spacial score (nSPS) is 10.5. The van der Waals surface area contributed by atoms with E-state index in [4.69, 9.17) is 20.9 Å². The second-order valence-corrected chi connectivity index (χ2v) is 5.08. The predicted octanol–water partition coefficient (Wildman–Crippen LogP) is 1.94. The molecule has 0 bridgehead atoms. The highest BCUT2D eigenvalue weighted by Gasteiger charge is 2.05. The highest BCUT2D eigenvalue weighted by molar-refractivity contribution is 7.09. The van der Waals surface area contributed by atoms with E-state index >= 15 is 0 Å². The maximum atomic E-state index is 5.74. The summed E-state index contributed by atoms with van der Waals surface area (Å²) in [6.45, 7) is 0.509. The average Bonchev–Trinajstić information content (AvgIpc) is 2.98. The van der Waals surface area contributed by atoms with Gasteiger partial charge in [0.1, 0.15) is 6.61 Å². The van der Waals surface area contributed by atoms with Crippen LogP contribution in [0.5, 0.6) is 11.5 Å². The van der Waals surface area contributed by atoms with Crippen molar-refractivity contribution in [1.82, 2.24) is 0 Å². The Labute approximate surface area is 126 Å². The van der Waals surface area contributed by atoms with Gasteiger partial charge in [-0.15, -0.1) is 16.4 Å². The van der Waals surface area contributed by atoms with Gasteiger partial charge < -0.3 is 20.9 Å². The number of thiophene rings is 1. The molecule has 1 heterocycles. The van der Waals surface area contributed by atoms with Gasteiger partial charge >= 0.3 is 0 Å². The molecule has 0 aliphatic carbocycles. The zero-order valence-electron chi connectivity index (χ0n) is 11.5. The molecule has 0 saturated carbocycles. The van der Waals surface area contributed by atoms with Crippen LogP contribution in [-0.4, -0.2) is 19.3 Å². The predicted molar refractivity (Wildman–Crippen MR) is 85.0 cm³/mol. The number of nitrogens with zero attached hydrogens (tertiary/aromatic N) is 2. The molecule has 1 aromatic carbocycles. The largest absolute Gasteiger partial charge is 0.493 e. The highest BCUT2D eigenvalue weighted by Crippen LogP contribution is 2.28. The highest BCUT2D eigenvalue weighted by atomic mass is 32.1. The molecule has 0 aliphatic heterocycles. The molecule has 21 heavy (non-hydrogen) atoms. The summed E-state index contributed by atoms with van der Waals surface area (Å²) in [7, 11) is 1.59. The van der Waals surface area contributed by atoms with Crippen molar-refractivity contribution >= 4 is 23.5 Å². The Morgan fingerprint density at radius 2 is 2.14 bits per heavy atom. The van der Waals surface area contributed by atoms with E-state index in [0.29, 0.717) is 18.1 Å². The zero-order valence-corrected chi connectivity index (χ0v) is 12.3. The van der Waals surface area contributed by atoms with Crippen LogP contribution < -0.4 is 20.9 Å². The van der Waals surface area contributed by atoms with Gasteiger partial charge in [-0.05, 0) is 35.2 Å². The van der Waals surface area contributed by atoms with Crippen LogP contribution in [0.4, 0.5) is 0 Å². The molecular formula is C14H16N4O2S. The summed E-state index contributed by atoms with van der Waals surface area (Å²) < 4.78 is 11.1. The van der Waals surface area contributed by atoms with Gasteiger partial charge in [-0.3, -0.25) is 0 Å². The third-order valence-corrected chi connectivity index (χ3v) is 3.37. The SMILES string of the molecule is COc1cc(/C=N/N=C(N)N)ccc1OCc1cccs1. The Hall–Kier alpha value is -2.54. The summed E-state index contributed by atoms with van der Waals surface area (Å²) in [5.74, 6) is 1.21. The molecule has 0 fully saturated rings. The summed E-state index contributed by atoms with van der Waals surface area (Å²) in [6, 6.07) is 9.48. The average molecular weight is 304 g/mol. The molecule has 6 nitrogen and oxygen atoms in total. The first kappa shape index (κ1) is 14.9. The smallest absolute Gasteiger partial charge is 0.211 e. The van der Waals surface area contributed by atoms with E-state index in [1.807, 2.05) is 29.6 Å². The van der Waals surface area contributed by atoms with Gasteiger partial charge in [0, 0.05) is 4.88 Å². The molecule has 7 heteroatoms. The molecule has 0 amide bonds. The minimum Gasteiger partial charge on any atom is -0.493 e. The van der Waals surface area contributed by atoms with Crippen LogP contribution >= 0.6 is 11.3 Å². The van der Waals surface area contributed by atoms with E-state index in [9.17, 15) is 0 Å².